The molecule has 1 rings (SSSR count). The van der Waals surface area contributed by atoms with Crippen molar-refractivity contribution < 1.29 is 9.47 Å². The molecule has 0 saturated heterocycles. The van der Waals surface area contributed by atoms with Crippen LogP contribution in [0.5, 0.6) is 0 Å². The first-order valence-corrected chi connectivity index (χ1v) is 7.64. The standard InChI is InChI=1S/C14H23NO2S/c1-4-16-14(17-5-2)10-11-15-12-8-6-7-9-13(12)18-3/h6-9,14-15H,4-5,10-11H2,1-3H3. The van der Waals surface area contributed by atoms with Gasteiger partial charge in [0.05, 0.1) is 0 Å². The van der Waals surface area contributed by atoms with Crippen LogP contribution in [0.4, 0.5) is 5.69 Å². The third-order valence-corrected chi connectivity index (χ3v) is 3.30. The molecule has 0 spiro atoms. The molecule has 1 N–H and O–H groups in total. The van der Waals surface area contributed by atoms with Crippen LogP contribution in [0.2, 0.25) is 0 Å². The third-order valence-electron chi connectivity index (χ3n) is 2.51. The van der Waals surface area contributed by atoms with E-state index in [1.165, 1.54) is 10.6 Å². The van der Waals surface area contributed by atoms with Crippen LogP contribution < -0.4 is 5.32 Å². The van der Waals surface area contributed by atoms with Gasteiger partial charge in [-0.05, 0) is 32.2 Å². The first kappa shape index (κ1) is 15.3. The van der Waals surface area contributed by atoms with Gasteiger partial charge in [0, 0.05) is 36.8 Å². The molecule has 0 saturated carbocycles. The van der Waals surface area contributed by atoms with Gasteiger partial charge in [0.15, 0.2) is 6.29 Å². The summed E-state index contributed by atoms with van der Waals surface area (Å²) in [6.45, 7) is 6.20. The molecule has 0 aliphatic heterocycles. The largest absolute Gasteiger partial charge is 0.384 e. The minimum absolute atomic E-state index is 0.103. The van der Waals surface area contributed by atoms with Crippen molar-refractivity contribution in [3.8, 4) is 0 Å². The second-order valence-corrected chi connectivity index (χ2v) is 4.60. The van der Waals surface area contributed by atoms with E-state index in [4.69, 9.17) is 9.47 Å². The van der Waals surface area contributed by atoms with Gasteiger partial charge in [0.1, 0.15) is 0 Å². The van der Waals surface area contributed by atoms with E-state index in [-0.39, 0.29) is 6.29 Å². The molecule has 1 aromatic carbocycles. The highest BCUT2D eigenvalue weighted by Crippen LogP contribution is 2.24. The topological polar surface area (TPSA) is 30.5 Å². The first-order valence-electron chi connectivity index (χ1n) is 6.41. The quantitative estimate of drug-likeness (QED) is 0.548. The number of hydrogen-bond donors (Lipinski definition) is 1. The van der Waals surface area contributed by atoms with Crippen molar-refractivity contribution in [3.05, 3.63) is 24.3 Å². The Hall–Kier alpha value is -0.710. The van der Waals surface area contributed by atoms with Gasteiger partial charge in [0.2, 0.25) is 0 Å². The molecule has 0 aliphatic rings. The summed E-state index contributed by atoms with van der Waals surface area (Å²) in [5.41, 5.74) is 1.18. The SMILES string of the molecule is CCOC(CCNc1ccccc1SC)OCC. The van der Waals surface area contributed by atoms with Gasteiger partial charge in [-0.2, -0.15) is 0 Å². The molecule has 18 heavy (non-hydrogen) atoms. The zero-order chi connectivity index (χ0) is 13.2. The highest BCUT2D eigenvalue weighted by molar-refractivity contribution is 7.98. The van der Waals surface area contributed by atoms with Crippen molar-refractivity contribution in [2.75, 3.05) is 31.3 Å². The summed E-state index contributed by atoms with van der Waals surface area (Å²) in [5, 5.41) is 3.43. The van der Waals surface area contributed by atoms with Crippen molar-refractivity contribution >= 4 is 17.4 Å². The lowest BCUT2D eigenvalue weighted by Gasteiger charge is -2.18. The molecule has 0 aliphatic carbocycles. The van der Waals surface area contributed by atoms with Crippen LogP contribution in [0, 0.1) is 0 Å². The van der Waals surface area contributed by atoms with Gasteiger partial charge >= 0.3 is 0 Å². The lowest BCUT2D eigenvalue weighted by molar-refractivity contribution is -0.137. The zero-order valence-electron chi connectivity index (χ0n) is 11.4. The van der Waals surface area contributed by atoms with Crippen LogP contribution in [0.3, 0.4) is 0 Å². The van der Waals surface area contributed by atoms with Crippen molar-refractivity contribution in [1.29, 1.82) is 0 Å². The summed E-state index contributed by atoms with van der Waals surface area (Å²) < 4.78 is 11.0. The fraction of sp³-hybridized carbons (Fsp3) is 0.571. The summed E-state index contributed by atoms with van der Waals surface area (Å²) in [7, 11) is 0. The molecular weight excluding hydrogens is 246 g/mol. The number of anilines is 1. The number of hydrogen-bond acceptors (Lipinski definition) is 4. The molecule has 102 valence electrons. The summed E-state index contributed by atoms with van der Waals surface area (Å²) >= 11 is 1.75. The Morgan fingerprint density at radius 3 is 2.44 bits per heavy atom. The molecule has 0 unspecified atom stereocenters. The van der Waals surface area contributed by atoms with E-state index in [1.807, 2.05) is 19.9 Å². The highest BCUT2D eigenvalue weighted by atomic mass is 32.2. The minimum Gasteiger partial charge on any atom is -0.384 e. The minimum atomic E-state index is -0.103. The molecular formula is C14H23NO2S. The Labute approximate surface area is 114 Å². The molecule has 0 heterocycles. The van der Waals surface area contributed by atoms with E-state index >= 15 is 0 Å². The zero-order valence-corrected chi connectivity index (χ0v) is 12.3. The normalized spacial score (nSPS) is 10.9. The number of benzene rings is 1. The molecule has 0 radical (unpaired) electrons. The van der Waals surface area contributed by atoms with Gasteiger partial charge in [-0.25, -0.2) is 0 Å². The van der Waals surface area contributed by atoms with Gasteiger partial charge in [0.25, 0.3) is 0 Å². The van der Waals surface area contributed by atoms with Crippen LogP contribution in [-0.2, 0) is 9.47 Å². The van der Waals surface area contributed by atoms with E-state index in [2.05, 4.69) is 29.8 Å². The Kier molecular flexibility index (Phi) is 7.89. The number of rotatable bonds is 9. The smallest absolute Gasteiger partial charge is 0.159 e. The summed E-state index contributed by atoms with van der Waals surface area (Å²) in [6.07, 6.45) is 2.84. The third kappa shape index (κ3) is 5.29. The van der Waals surface area contributed by atoms with E-state index in [0.717, 1.165) is 13.0 Å². The molecule has 4 heteroatoms. The number of ether oxygens (including phenoxy) is 2. The summed E-state index contributed by atoms with van der Waals surface area (Å²) in [4.78, 5) is 1.27. The molecule has 3 nitrogen and oxygen atoms in total. The maximum atomic E-state index is 5.51. The Bertz CT molecular complexity index is 327. The van der Waals surface area contributed by atoms with Crippen molar-refractivity contribution in [2.24, 2.45) is 0 Å². The fourth-order valence-corrected chi connectivity index (χ4v) is 2.28. The van der Waals surface area contributed by atoms with Gasteiger partial charge in [-0.3, -0.25) is 0 Å². The van der Waals surface area contributed by atoms with Crippen LogP contribution >= 0.6 is 11.8 Å². The predicted molar refractivity (Wildman–Crippen MR) is 78.4 cm³/mol. The van der Waals surface area contributed by atoms with Crippen LogP contribution in [0.1, 0.15) is 20.3 Å². The van der Waals surface area contributed by atoms with Gasteiger partial charge in [-0.1, -0.05) is 12.1 Å². The Morgan fingerprint density at radius 2 is 1.83 bits per heavy atom. The Morgan fingerprint density at radius 1 is 1.17 bits per heavy atom. The molecule has 1 aromatic rings. The van der Waals surface area contributed by atoms with Crippen molar-refractivity contribution in [3.63, 3.8) is 0 Å². The first-order chi connectivity index (χ1) is 8.81. The summed E-state index contributed by atoms with van der Waals surface area (Å²) in [6, 6.07) is 8.32. The second kappa shape index (κ2) is 9.25. The predicted octanol–water partition coefficient (Wildman–Crippen LogP) is 3.61. The molecule has 0 amide bonds. The van der Waals surface area contributed by atoms with Crippen LogP contribution in [0.25, 0.3) is 0 Å². The monoisotopic (exact) mass is 269 g/mol. The van der Waals surface area contributed by atoms with Crippen LogP contribution in [0.15, 0.2) is 29.2 Å². The molecule has 0 fully saturated rings. The maximum Gasteiger partial charge on any atom is 0.159 e. The molecule has 0 atom stereocenters. The van der Waals surface area contributed by atoms with E-state index in [1.54, 1.807) is 11.8 Å². The average molecular weight is 269 g/mol. The van der Waals surface area contributed by atoms with Gasteiger partial charge in [-0.15, -0.1) is 11.8 Å². The molecule has 0 aromatic heterocycles. The molecule has 0 bridgehead atoms. The average Bonchev–Trinajstić information content (AvgIpc) is 2.40. The van der Waals surface area contributed by atoms with Gasteiger partial charge < -0.3 is 14.8 Å². The number of nitrogens with one attached hydrogen (secondary N) is 1. The summed E-state index contributed by atoms with van der Waals surface area (Å²) in [5.74, 6) is 0. The van der Waals surface area contributed by atoms with Crippen LogP contribution in [-0.4, -0.2) is 32.3 Å². The van der Waals surface area contributed by atoms with Crippen molar-refractivity contribution in [1.82, 2.24) is 0 Å². The van der Waals surface area contributed by atoms with E-state index < -0.39 is 0 Å². The van der Waals surface area contributed by atoms with E-state index in [9.17, 15) is 0 Å². The highest BCUT2D eigenvalue weighted by Gasteiger charge is 2.07. The van der Waals surface area contributed by atoms with E-state index in [0.29, 0.717) is 13.2 Å². The maximum absolute atomic E-state index is 5.51. The number of thioether (sulfide) groups is 1. The Balaban J connectivity index is 2.39. The number of para-hydroxylation sites is 1. The fourth-order valence-electron chi connectivity index (χ4n) is 1.70. The lowest BCUT2D eigenvalue weighted by atomic mass is 10.3. The van der Waals surface area contributed by atoms with Crippen molar-refractivity contribution in [2.45, 2.75) is 31.5 Å². The lowest BCUT2D eigenvalue weighted by Crippen LogP contribution is -2.21. The second-order valence-electron chi connectivity index (χ2n) is 3.76.